The van der Waals surface area contributed by atoms with Gasteiger partial charge in [0.15, 0.2) is 5.75 Å². The highest BCUT2D eigenvalue weighted by atomic mass is 32.2. The van der Waals surface area contributed by atoms with E-state index in [1.807, 2.05) is 12.1 Å². The molecular formula is C20H13N3O6S. The van der Waals surface area contributed by atoms with Gasteiger partial charge < -0.3 is 10.2 Å². The lowest BCUT2D eigenvalue weighted by Gasteiger charge is -2.09. The minimum Gasteiger partial charge on any atom is -0.506 e. The first-order chi connectivity index (χ1) is 14.3. The zero-order valence-corrected chi connectivity index (χ0v) is 15.9. The fourth-order valence-electron chi connectivity index (χ4n) is 3.15. The van der Waals surface area contributed by atoms with Crippen LogP contribution in [0.15, 0.2) is 81.0 Å². The molecule has 150 valence electrons. The van der Waals surface area contributed by atoms with Crippen LogP contribution in [0.4, 0.5) is 17.1 Å². The first-order valence-corrected chi connectivity index (χ1v) is 9.96. The Morgan fingerprint density at radius 1 is 0.800 bits per heavy atom. The van der Waals surface area contributed by atoms with E-state index in [1.54, 1.807) is 24.3 Å². The number of fused-ring (bicyclic) bond motifs is 2. The molecular weight excluding hydrogens is 410 g/mol. The predicted molar refractivity (Wildman–Crippen MR) is 111 cm³/mol. The van der Waals surface area contributed by atoms with Crippen molar-refractivity contribution in [3.05, 3.63) is 65.6 Å². The van der Waals surface area contributed by atoms with Crippen LogP contribution < -0.4 is 0 Å². The minimum absolute atomic E-state index is 0.0657. The van der Waals surface area contributed by atoms with Gasteiger partial charge in [-0.05, 0) is 34.8 Å². The van der Waals surface area contributed by atoms with Gasteiger partial charge in [0.2, 0.25) is 0 Å². The van der Waals surface area contributed by atoms with Crippen molar-refractivity contribution >= 4 is 48.7 Å². The van der Waals surface area contributed by atoms with E-state index in [9.17, 15) is 28.1 Å². The lowest BCUT2D eigenvalue weighted by atomic mass is 10.1. The Labute approximate surface area is 169 Å². The number of azo groups is 1. The van der Waals surface area contributed by atoms with E-state index < -0.39 is 20.8 Å². The molecule has 0 aliphatic rings. The first kappa shape index (κ1) is 19.4. The Balaban J connectivity index is 1.93. The topological polar surface area (TPSA) is 149 Å². The molecule has 0 aromatic heterocycles. The standard InChI is InChI=1S/C20H13N3O6S/c24-17-10-18(30(27,28)29)15-9-12(23-26)6-7-14(15)19(17)22-21-16-8-5-11-3-1-2-4-13(11)20(16)25/h1-10,24-25H,(H,27,28,29)/b22-21+. The number of rotatable bonds is 4. The van der Waals surface area contributed by atoms with E-state index in [1.165, 1.54) is 12.1 Å². The summed E-state index contributed by atoms with van der Waals surface area (Å²) in [4.78, 5) is 10.2. The molecule has 0 amide bonds. The highest BCUT2D eigenvalue weighted by molar-refractivity contribution is 7.86. The molecule has 0 fully saturated rings. The largest absolute Gasteiger partial charge is 0.506 e. The molecule has 0 atom stereocenters. The summed E-state index contributed by atoms with van der Waals surface area (Å²) in [6, 6.07) is 15.0. The van der Waals surface area contributed by atoms with Gasteiger partial charge in [-0.3, -0.25) is 4.55 Å². The number of benzene rings is 4. The summed E-state index contributed by atoms with van der Waals surface area (Å²) in [7, 11) is -4.71. The number of hydrogen-bond acceptors (Lipinski definition) is 8. The van der Waals surface area contributed by atoms with Crippen molar-refractivity contribution in [3.63, 3.8) is 0 Å². The summed E-state index contributed by atoms with van der Waals surface area (Å²) in [6.45, 7) is 0. The molecule has 0 aliphatic carbocycles. The van der Waals surface area contributed by atoms with E-state index in [-0.39, 0.29) is 33.6 Å². The van der Waals surface area contributed by atoms with Crippen molar-refractivity contribution in [2.75, 3.05) is 0 Å². The van der Waals surface area contributed by atoms with Crippen molar-refractivity contribution in [3.8, 4) is 11.5 Å². The summed E-state index contributed by atoms with van der Waals surface area (Å²) in [5.41, 5.74) is -0.0538. The second kappa shape index (κ2) is 7.17. The molecule has 0 unspecified atom stereocenters. The van der Waals surface area contributed by atoms with Crippen molar-refractivity contribution in [2.45, 2.75) is 4.90 Å². The van der Waals surface area contributed by atoms with Crippen molar-refractivity contribution in [1.29, 1.82) is 0 Å². The van der Waals surface area contributed by atoms with E-state index >= 15 is 0 Å². The van der Waals surface area contributed by atoms with Crippen LogP contribution in [0.3, 0.4) is 0 Å². The van der Waals surface area contributed by atoms with Gasteiger partial charge >= 0.3 is 0 Å². The molecule has 0 radical (unpaired) electrons. The van der Waals surface area contributed by atoms with Gasteiger partial charge in [0, 0.05) is 22.2 Å². The molecule has 30 heavy (non-hydrogen) atoms. The highest BCUT2D eigenvalue weighted by Crippen LogP contribution is 2.42. The maximum atomic E-state index is 11.7. The molecule has 0 saturated carbocycles. The molecule has 4 aromatic carbocycles. The van der Waals surface area contributed by atoms with E-state index in [2.05, 4.69) is 15.4 Å². The second-order valence-electron chi connectivity index (χ2n) is 6.39. The van der Waals surface area contributed by atoms with Gasteiger partial charge in [0.1, 0.15) is 27.7 Å². The fraction of sp³-hybridized carbons (Fsp3) is 0. The second-order valence-corrected chi connectivity index (χ2v) is 7.78. The summed E-state index contributed by atoms with van der Waals surface area (Å²) in [5, 5.41) is 32.9. The smallest absolute Gasteiger partial charge is 0.295 e. The van der Waals surface area contributed by atoms with Crippen molar-refractivity contribution in [1.82, 2.24) is 0 Å². The van der Waals surface area contributed by atoms with Gasteiger partial charge in [-0.25, -0.2) is 0 Å². The van der Waals surface area contributed by atoms with Crippen LogP contribution in [0.2, 0.25) is 0 Å². The summed E-state index contributed by atoms with van der Waals surface area (Å²) >= 11 is 0. The maximum absolute atomic E-state index is 11.7. The molecule has 0 bridgehead atoms. The minimum atomic E-state index is -4.71. The van der Waals surface area contributed by atoms with Crippen LogP contribution in [0.25, 0.3) is 21.5 Å². The molecule has 10 heteroatoms. The van der Waals surface area contributed by atoms with Gasteiger partial charge in [0.25, 0.3) is 10.1 Å². The zero-order chi connectivity index (χ0) is 21.5. The molecule has 0 spiro atoms. The monoisotopic (exact) mass is 423 g/mol. The Kier molecular flexibility index (Phi) is 4.65. The average Bonchev–Trinajstić information content (AvgIpc) is 2.73. The molecule has 3 N–H and O–H groups in total. The number of hydrogen-bond donors (Lipinski definition) is 3. The van der Waals surface area contributed by atoms with Gasteiger partial charge in [-0.15, -0.1) is 15.1 Å². The normalized spacial score (nSPS) is 12.0. The lowest BCUT2D eigenvalue weighted by Crippen LogP contribution is -1.99. The first-order valence-electron chi connectivity index (χ1n) is 8.52. The van der Waals surface area contributed by atoms with Gasteiger partial charge in [-0.1, -0.05) is 30.3 Å². The molecule has 0 saturated heterocycles. The van der Waals surface area contributed by atoms with Crippen LogP contribution >= 0.6 is 0 Å². The van der Waals surface area contributed by atoms with E-state index in [0.717, 1.165) is 17.5 Å². The third-order valence-electron chi connectivity index (χ3n) is 4.55. The summed E-state index contributed by atoms with van der Waals surface area (Å²) < 4.78 is 32.9. The van der Waals surface area contributed by atoms with Crippen molar-refractivity contribution < 1.29 is 23.2 Å². The molecule has 4 rings (SSSR count). The highest BCUT2D eigenvalue weighted by Gasteiger charge is 2.20. The number of phenolic OH excluding ortho intramolecular Hbond substituents is 2. The van der Waals surface area contributed by atoms with E-state index in [4.69, 9.17) is 0 Å². The number of nitrogens with zero attached hydrogens (tertiary/aromatic N) is 3. The van der Waals surface area contributed by atoms with Gasteiger partial charge in [0.05, 0.1) is 0 Å². The maximum Gasteiger partial charge on any atom is 0.295 e. The third-order valence-corrected chi connectivity index (χ3v) is 5.45. The lowest BCUT2D eigenvalue weighted by molar-refractivity contribution is 0.468. The third kappa shape index (κ3) is 3.34. The number of aromatic hydroxyl groups is 2. The molecule has 0 heterocycles. The van der Waals surface area contributed by atoms with E-state index in [0.29, 0.717) is 5.39 Å². The van der Waals surface area contributed by atoms with Gasteiger partial charge in [-0.2, -0.15) is 8.42 Å². The Morgan fingerprint density at radius 3 is 2.30 bits per heavy atom. The Bertz CT molecular complexity index is 1460. The average molecular weight is 423 g/mol. The quantitative estimate of drug-likeness (QED) is 0.225. The van der Waals surface area contributed by atoms with Crippen LogP contribution in [-0.4, -0.2) is 23.2 Å². The Hall–Kier alpha value is -3.89. The van der Waals surface area contributed by atoms with Crippen LogP contribution in [0.5, 0.6) is 11.5 Å². The predicted octanol–water partition coefficient (Wildman–Crippen LogP) is 5.46. The van der Waals surface area contributed by atoms with Crippen LogP contribution in [-0.2, 0) is 10.1 Å². The molecule has 9 nitrogen and oxygen atoms in total. The zero-order valence-electron chi connectivity index (χ0n) is 15.1. The number of nitroso groups, excluding NO2 is 1. The summed E-state index contributed by atoms with van der Waals surface area (Å²) in [5.74, 6) is -0.673. The Morgan fingerprint density at radius 2 is 1.57 bits per heavy atom. The molecule has 4 aromatic rings. The number of phenols is 2. The summed E-state index contributed by atoms with van der Waals surface area (Å²) in [6.07, 6.45) is 0. The fourth-order valence-corrected chi connectivity index (χ4v) is 3.86. The SMILES string of the molecule is O=Nc1ccc2c(/N=N/c3ccc4ccccc4c3O)c(O)cc(S(=O)(=O)O)c2c1. The molecule has 0 aliphatic heterocycles. The van der Waals surface area contributed by atoms with Crippen LogP contribution in [0.1, 0.15) is 0 Å². The van der Waals surface area contributed by atoms with Crippen molar-refractivity contribution in [2.24, 2.45) is 15.4 Å². The van der Waals surface area contributed by atoms with Crippen LogP contribution in [0, 0.1) is 4.91 Å².